The summed E-state index contributed by atoms with van der Waals surface area (Å²) in [7, 11) is 0. The van der Waals surface area contributed by atoms with Crippen molar-refractivity contribution in [2.45, 2.75) is 18.9 Å². The first-order valence-electron chi connectivity index (χ1n) is 7.03. The zero-order valence-corrected chi connectivity index (χ0v) is 11.4. The van der Waals surface area contributed by atoms with Gasteiger partial charge in [-0.2, -0.15) is 0 Å². The summed E-state index contributed by atoms with van der Waals surface area (Å²) in [5.74, 6) is 0.415. The van der Waals surface area contributed by atoms with Gasteiger partial charge in [-0.3, -0.25) is 4.79 Å². The van der Waals surface area contributed by atoms with Gasteiger partial charge in [0.15, 0.2) is 0 Å². The van der Waals surface area contributed by atoms with Crippen LogP contribution in [0.2, 0.25) is 0 Å². The third kappa shape index (κ3) is 2.85. The maximum atomic E-state index is 12.0. The van der Waals surface area contributed by atoms with Crippen LogP contribution in [0.15, 0.2) is 48.8 Å². The van der Waals surface area contributed by atoms with Crippen LogP contribution in [-0.4, -0.2) is 23.6 Å². The molecular formula is C16H19N3O. The van der Waals surface area contributed by atoms with Crippen LogP contribution >= 0.6 is 0 Å². The van der Waals surface area contributed by atoms with E-state index in [0.29, 0.717) is 13.0 Å². The number of hydrogen-bond acceptors (Lipinski definition) is 2. The van der Waals surface area contributed by atoms with E-state index in [1.54, 1.807) is 0 Å². The van der Waals surface area contributed by atoms with Gasteiger partial charge in [0.2, 0.25) is 5.91 Å². The molecule has 20 heavy (non-hydrogen) atoms. The van der Waals surface area contributed by atoms with E-state index in [1.807, 2.05) is 36.7 Å². The Morgan fingerprint density at radius 3 is 2.90 bits per heavy atom. The Hall–Kier alpha value is -2.23. The third-order valence-corrected chi connectivity index (χ3v) is 3.73. The number of para-hydroxylation sites is 1. The first-order valence-corrected chi connectivity index (χ1v) is 7.03. The molecule has 1 aromatic carbocycles. The summed E-state index contributed by atoms with van der Waals surface area (Å²) < 4.78 is 2.06. The molecule has 0 bridgehead atoms. The van der Waals surface area contributed by atoms with Crippen LogP contribution in [0.3, 0.4) is 0 Å². The number of nitrogens with zero attached hydrogens (tertiary/aromatic N) is 1. The molecule has 2 aromatic rings. The van der Waals surface area contributed by atoms with Crippen LogP contribution < -0.4 is 10.6 Å². The molecule has 1 aliphatic rings. The summed E-state index contributed by atoms with van der Waals surface area (Å²) in [6.45, 7) is 2.35. The van der Waals surface area contributed by atoms with Gasteiger partial charge in [-0.05, 0) is 23.8 Å². The Labute approximate surface area is 118 Å². The lowest BCUT2D eigenvalue weighted by Gasteiger charge is -2.11. The molecule has 4 heteroatoms. The van der Waals surface area contributed by atoms with E-state index in [9.17, 15) is 4.79 Å². The highest BCUT2D eigenvalue weighted by Gasteiger charge is 2.23. The van der Waals surface area contributed by atoms with Crippen LogP contribution in [0.25, 0.3) is 0 Å². The van der Waals surface area contributed by atoms with Crippen LogP contribution in [0, 0.1) is 0 Å². The van der Waals surface area contributed by atoms with E-state index in [-0.39, 0.29) is 11.8 Å². The molecule has 1 aliphatic heterocycles. The second-order valence-corrected chi connectivity index (χ2v) is 5.14. The number of fused-ring (bicyclic) bond motifs is 1. The molecule has 1 aromatic heterocycles. The van der Waals surface area contributed by atoms with Gasteiger partial charge in [0, 0.05) is 50.1 Å². The van der Waals surface area contributed by atoms with Crippen LogP contribution in [0.5, 0.6) is 0 Å². The highest BCUT2D eigenvalue weighted by Crippen LogP contribution is 2.32. The zero-order valence-electron chi connectivity index (χ0n) is 11.4. The number of carbonyl (C=O) groups excluding carboxylic acids is 1. The molecule has 0 saturated carbocycles. The van der Waals surface area contributed by atoms with Gasteiger partial charge in [-0.1, -0.05) is 18.2 Å². The minimum Gasteiger partial charge on any atom is -0.384 e. The van der Waals surface area contributed by atoms with Crippen LogP contribution in [-0.2, 0) is 11.3 Å². The fraction of sp³-hybridized carbons (Fsp3) is 0.312. The Bertz CT molecular complexity index is 577. The lowest BCUT2D eigenvalue weighted by molar-refractivity contribution is -0.121. The average molecular weight is 269 g/mol. The topological polar surface area (TPSA) is 46.1 Å². The summed E-state index contributed by atoms with van der Waals surface area (Å²) in [5, 5.41) is 6.34. The molecule has 1 amide bonds. The Balaban J connectivity index is 1.48. The maximum Gasteiger partial charge on any atom is 0.220 e. The SMILES string of the molecule is O=C(CC1CNc2ccccc21)NCCn1cccc1. The quantitative estimate of drug-likeness (QED) is 0.874. The van der Waals surface area contributed by atoms with Crippen molar-refractivity contribution in [1.29, 1.82) is 0 Å². The normalized spacial score (nSPS) is 16.5. The molecule has 104 valence electrons. The average Bonchev–Trinajstić information content (AvgIpc) is 3.09. The molecule has 3 rings (SSSR count). The van der Waals surface area contributed by atoms with Crippen molar-refractivity contribution in [3.05, 3.63) is 54.4 Å². The second kappa shape index (κ2) is 5.82. The van der Waals surface area contributed by atoms with Crippen molar-refractivity contribution in [1.82, 2.24) is 9.88 Å². The zero-order chi connectivity index (χ0) is 13.8. The van der Waals surface area contributed by atoms with E-state index in [4.69, 9.17) is 0 Å². The minimum atomic E-state index is 0.126. The minimum absolute atomic E-state index is 0.126. The number of hydrogen-bond donors (Lipinski definition) is 2. The van der Waals surface area contributed by atoms with Gasteiger partial charge in [0.25, 0.3) is 0 Å². The lowest BCUT2D eigenvalue weighted by Crippen LogP contribution is -2.28. The number of rotatable bonds is 5. The lowest BCUT2D eigenvalue weighted by atomic mass is 9.98. The predicted molar refractivity (Wildman–Crippen MR) is 79.7 cm³/mol. The summed E-state index contributed by atoms with van der Waals surface area (Å²) in [6, 6.07) is 12.2. The summed E-state index contributed by atoms with van der Waals surface area (Å²) in [4.78, 5) is 12.0. The molecule has 2 heterocycles. The van der Waals surface area contributed by atoms with Gasteiger partial charge in [0.1, 0.15) is 0 Å². The highest BCUT2D eigenvalue weighted by atomic mass is 16.1. The fourth-order valence-electron chi connectivity index (χ4n) is 2.68. The Morgan fingerprint density at radius 2 is 2.05 bits per heavy atom. The van der Waals surface area contributed by atoms with Crippen molar-refractivity contribution in [2.24, 2.45) is 0 Å². The van der Waals surface area contributed by atoms with Crippen molar-refractivity contribution in [3.8, 4) is 0 Å². The van der Waals surface area contributed by atoms with Crippen molar-refractivity contribution >= 4 is 11.6 Å². The molecule has 1 unspecified atom stereocenters. The van der Waals surface area contributed by atoms with Gasteiger partial charge >= 0.3 is 0 Å². The fourth-order valence-corrected chi connectivity index (χ4v) is 2.68. The third-order valence-electron chi connectivity index (χ3n) is 3.73. The number of anilines is 1. The number of amides is 1. The molecule has 0 spiro atoms. The summed E-state index contributed by atoms with van der Waals surface area (Å²) >= 11 is 0. The number of carbonyl (C=O) groups is 1. The molecule has 0 fully saturated rings. The van der Waals surface area contributed by atoms with E-state index in [2.05, 4.69) is 27.3 Å². The standard InChI is InChI=1S/C16H19N3O/c20-16(17-7-10-19-8-3-4-9-19)11-13-12-18-15-6-2-1-5-14(13)15/h1-6,8-9,13,18H,7,10-12H2,(H,17,20). The second-order valence-electron chi connectivity index (χ2n) is 5.14. The predicted octanol–water partition coefficient (Wildman–Crippen LogP) is 2.20. The van der Waals surface area contributed by atoms with Crippen molar-refractivity contribution in [3.63, 3.8) is 0 Å². The van der Waals surface area contributed by atoms with E-state index < -0.39 is 0 Å². The van der Waals surface area contributed by atoms with E-state index in [0.717, 1.165) is 18.8 Å². The molecule has 4 nitrogen and oxygen atoms in total. The van der Waals surface area contributed by atoms with Crippen molar-refractivity contribution < 1.29 is 4.79 Å². The number of benzene rings is 1. The summed E-state index contributed by atoms with van der Waals surface area (Å²) in [6.07, 6.45) is 4.56. The maximum absolute atomic E-state index is 12.0. The van der Waals surface area contributed by atoms with Gasteiger partial charge in [-0.15, -0.1) is 0 Å². The molecule has 0 radical (unpaired) electrons. The first-order chi connectivity index (χ1) is 9.83. The Morgan fingerprint density at radius 1 is 1.25 bits per heavy atom. The molecule has 1 atom stereocenters. The largest absolute Gasteiger partial charge is 0.384 e. The molecule has 0 aliphatic carbocycles. The van der Waals surface area contributed by atoms with E-state index in [1.165, 1.54) is 5.56 Å². The molecular weight excluding hydrogens is 250 g/mol. The van der Waals surface area contributed by atoms with E-state index >= 15 is 0 Å². The number of nitrogens with one attached hydrogen (secondary N) is 2. The molecule has 0 saturated heterocycles. The van der Waals surface area contributed by atoms with Gasteiger partial charge in [0.05, 0.1) is 0 Å². The van der Waals surface area contributed by atoms with Gasteiger partial charge < -0.3 is 15.2 Å². The van der Waals surface area contributed by atoms with Crippen LogP contribution in [0.4, 0.5) is 5.69 Å². The van der Waals surface area contributed by atoms with Crippen LogP contribution in [0.1, 0.15) is 17.9 Å². The highest BCUT2D eigenvalue weighted by molar-refractivity contribution is 5.78. The smallest absolute Gasteiger partial charge is 0.220 e. The van der Waals surface area contributed by atoms with Gasteiger partial charge in [-0.25, -0.2) is 0 Å². The van der Waals surface area contributed by atoms with Crippen molar-refractivity contribution in [2.75, 3.05) is 18.4 Å². The first kappa shape index (κ1) is 12.8. The number of aromatic nitrogens is 1. The Kier molecular flexibility index (Phi) is 3.72. The summed E-state index contributed by atoms with van der Waals surface area (Å²) in [5.41, 5.74) is 2.42. The monoisotopic (exact) mass is 269 g/mol. The molecule has 2 N–H and O–H groups in total.